The molecule has 1 aliphatic rings. The van der Waals surface area contributed by atoms with Gasteiger partial charge in [-0.2, -0.15) is 0 Å². The molecule has 0 aromatic heterocycles. The van der Waals surface area contributed by atoms with Gasteiger partial charge in [0.05, 0.1) is 27.9 Å². The average molecular weight is 343 g/mol. The van der Waals surface area contributed by atoms with Gasteiger partial charge in [0, 0.05) is 18.5 Å². The molecule has 6 heteroatoms. The Hall–Kier alpha value is -2.89. The van der Waals surface area contributed by atoms with Crippen LogP contribution in [0, 0.1) is 0 Å². The van der Waals surface area contributed by atoms with Crippen molar-refractivity contribution in [2.75, 3.05) is 27.9 Å². The van der Waals surface area contributed by atoms with E-state index in [2.05, 4.69) is 11.4 Å². The van der Waals surface area contributed by atoms with Crippen LogP contribution in [0.5, 0.6) is 23.0 Å². The van der Waals surface area contributed by atoms with Gasteiger partial charge in [-0.15, -0.1) is 0 Å². The van der Waals surface area contributed by atoms with E-state index < -0.39 is 0 Å². The van der Waals surface area contributed by atoms with Crippen molar-refractivity contribution in [2.24, 2.45) is 0 Å². The van der Waals surface area contributed by atoms with E-state index in [4.69, 9.17) is 18.9 Å². The van der Waals surface area contributed by atoms with E-state index in [0.717, 1.165) is 24.3 Å². The predicted octanol–water partition coefficient (Wildman–Crippen LogP) is 2.58. The fourth-order valence-corrected chi connectivity index (χ4v) is 2.85. The second-order valence-corrected chi connectivity index (χ2v) is 5.64. The van der Waals surface area contributed by atoms with Gasteiger partial charge in [0.25, 0.3) is 5.91 Å². The van der Waals surface area contributed by atoms with Gasteiger partial charge in [-0.1, -0.05) is 12.1 Å². The minimum atomic E-state index is -0.212. The topological polar surface area (TPSA) is 66.0 Å². The average Bonchev–Trinajstić information content (AvgIpc) is 3.12. The van der Waals surface area contributed by atoms with E-state index in [9.17, 15) is 4.79 Å². The lowest BCUT2D eigenvalue weighted by Gasteiger charge is -2.14. The molecule has 0 atom stereocenters. The van der Waals surface area contributed by atoms with Gasteiger partial charge in [-0.05, 0) is 29.3 Å². The summed E-state index contributed by atoms with van der Waals surface area (Å²) in [7, 11) is 4.56. The molecule has 0 unspecified atom stereocenters. The van der Waals surface area contributed by atoms with Crippen LogP contribution < -0.4 is 24.3 Å². The molecule has 3 rings (SSSR count). The van der Waals surface area contributed by atoms with E-state index in [-0.39, 0.29) is 5.91 Å². The summed E-state index contributed by atoms with van der Waals surface area (Å²) in [6.45, 7) is 1.15. The third-order valence-electron chi connectivity index (χ3n) is 4.13. The number of hydrogen-bond acceptors (Lipinski definition) is 5. The molecule has 1 heterocycles. The fourth-order valence-electron chi connectivity index (χ4n) is 2.85. The number of methoxy groups -OCH3 is 3. The summed E-state index contributed by atoms with van der Waals surface area (Å²) < 4.78 is 21.3. The lowest BCUT2D eigenvalue weighted by atomic mass is 10.1. The molecule has 0 saturated heterocycles. The van der Waals surface area contributed by atoms with E-state index in [0.29, 0.717) is 29.4 Å². The number of hydrogen-bond donors (Lipinski definition) is 1. The second kappa shape index (κ2) is 7.34. The number of nitrogens with one attached hydrogen (secondary N) is 1. The van der Waals surface area contributed by atoms with Crippen molar-refractivity contribution in [3.8, 4) is 23.0 Å². The normalized spacial score (nSPS) is 12.1. The summed E-state index contributed by atoms with van der Waals surface area (Å²) in [5.41, 5.74) is 2.66. The first-order valence-electron chi connectivity index (χ1n) is 7.99. The van der Waals surface area contributed by atoms with E-state index >= 15 is 0 Å². The Bertz CT molecular complexity index is 762. The minimum absolute atomic E-state index is 0.212. The van der Waals surface area contributed by atoms with Crippen LogP contribution in [0.1, 0.15) is 21.5 Å². The molecule has 25 heavy (non-hydrogen) atoms. The van der Waals surface area contributed by atoms with Crippen molar-refractivity contribution in [3.63, 3.8) is 0 Å². The highest BCUT2D eigenvalue weighted by Gasteiger charge is 2.17. The van der Waals surface area contributed by atoms with Crippen LogP contribution in [0.4, 0.5) is 0 Å². The monoisotopic (exact) mass is 343 g/mol. The first-order chi connectivity index (χ1) is 12.2. The summed E-state index contributed by atoms with van der Waals surface area (Å²) in [6.07, 6.45) is 0.907. The number of carbonyl (C=O) groups is 1. The largest absolute Gasteiger partial charge is 0.493 e. The van der Waals surface area contributed by atoms with E-state index in [1.54, 1.807) is 12.1 Å². The number of ether oxygens (including phenoxy) is 4. The van der Waals surface area contributed by atoms with Gasteiger partial charge >= 0.3 is 0 Å². The second-order valence-electron chi connectivity index (χ2n) is 5.64. The zero-order chi connectivity index (χ0) is 17.8. The molecule has 1 N–H and O–H groups in total. The zero-order valence-corrected chi connectivity index (χ0v) is 14.5. The summed E-state index contributed by atoms with van der Waals surface area (Å²) >= 11 is 0. The van der Waals surface area contributed by atoms with Crippen molar-refractivity contribution in [3.05, 3.63) is 47.0 Å². The van der Waals surface area contributed by atoms with Gasteiger partial charge in [-0.3, -0.25) is 4.79 Å². The van der Waals surface area contributed by atoms with Gasteiger partial charge in [0.15, 0.2) is 11.5 Å². The summed E-state index contributed by atoms with van der Waals surface area (Å²) in [5, 5.41) is 2.91. The third-order valence-corrected chi connectivity index (χ3v) is 4.13. The van der Waals surface area contributed by atoms with Crippen molar-refractivity contribution in [1.29, 1.82) is 0 Å². The Balaban J connectivity index is 1.74. The Morgan fingerprint density at radius 1 is 1.08 bits per heavy atom. The van der Waals surface area contributed by atoms with Crippen molar-refractivity contribution < 1.29 is 23.7 Å². The maximum atomic E-state index is 12.5. The molecule has 0 radical (unpaired) electrons. The van der Waals surface area contributed by atoms with Crippen LogP contribution in [0.15, 0.2) is 30.3 Å². The molecule has 2 aromatic rings. The van der Waals surface area contributed by atoms with Crippen LogP contribution in [-0.4, -0.2) is 33.8 Å². The molecule has 0 bridgehead atoms. The van der Waals surface area contributed by atoms with Gasteiger partial charge in [0.2, 0.25) is 5.75 Å². The Morgan fingerprint density at radius 2 is 1.80 bits per heavy atom. The molecule has 132 valence electrons. The lowest BCUT2D eigenvalue weighted by Crippen LogP contribution is -2.23. The maximum Gasteiger partial charge on any atom is 0.251 e. The molecule has 0 aliphatic carbocycles. The van der Waals surface area contributed by atoms with E-state index in [1.807, 2.05) is 12.1 Å². The molecular formula is C19H21NO5. The van der Waals surface area contributed by atoms with Crippen molar-refractivity contribution >= 4 is 5.91 Å². The first-order valence-corrected chi connectivity index (χ1v) is 7.99. The summed E-state index contributed by atoms with van der Waals surface area (Å²) in [4.78, 5) is 12.5. The number of carbonyl (C=O) groups excluding carboxylic acids is 1. The number of amides is 1. The van der Waals surface area contributed by atoms with Crippen LogP contribution in [-0.2, 0) is 13.0 Å². The Kier molecular flexibility index (Phi) is 4.97. The van der Waals surface area contributed by atoms with Crippen molar-refractivity contribution in [2.45, 2.75) is 13.0 Å². The Labute approximate surface area is 146 Å². The van der Waals surface area contributed by atoms with Gasteiger partial charge in [0.1, 0.15) is 5.75 Å². The molecule has 2 aromatic carbocycles. The standard InChI is InChI=1S/C19H21NO5/c1-22-16-9-14(10-17(23-2)18(16)24-3)19(21)20-11-12-4-5-15-13(8-12)6-7-25-15/h4-5,8-10H,6-7,11H2,1-3H3,(H,20,21). The molecule has 0 fully saturated rings. The molecule has 1 aliphatic heterocycles. The quantitative estimate of drug-likeness (QED) is 0.873. The summed E-state index contributed by atoms with van der Waals surface area (Å²) in [6, 6.07) is 9.24. The SMILES string of the molecule is COc1cc(C(=O)NCc2ccc3c(c2)CCO3)cc(OC)c1OC. The fraction of sp³-hybridized carbons (Fsp3) is 0.316. The van der Waals surface area contributed by atoms with Crippen LogP contribution in [0.3, 0.4) is 0 Å². The third kappa shape index (κ3) is 3.47. The zero-order valence-electron chi connectivity index (χ0n) is 14.5. The molecular weight excluding hydrogens is 322 g/mol. The predicted molar refractivity (Wildman–Crippen MR) is 92.9 cm³/mol. The highest BCUT2D eigenvalue weighted by molar-refractivity contribution is 5.95. The number of benzene rings is 2. The summed E-state index contributed by atoms with van der Waals surface area (Å²) in [5.74, 6) is 2.07. The van der Waals surface area contributed by atoms with Crippen molar-refractivity contribution in [1.82, 2.24) is 5.32 Å². The van der Waals surface area contributed by atoms with E-state index in [1.165, 1.54) is 26.9 Å². The first kappa shape index (κ1) is 17.0. The molecule has 6 nitrogen and oxygen atoms in total. The Morgan fingerprint density at radius 3 is 2.44 bits per heavy atom. The van der Waals surface area contributed by atoms with Gasteiger partial charge < -0.3 is 24.3 Å². The highest BCUT2D eigenvalue weighted by atomic mass is 16.5. The lowest BCUT2D eigenvalue weighted by molar-refractivity contribution is 0.0950. The highest BCUT2D eigenvalue weighted by Crippen LogP contribution is 2.38. The molecule has 1 amide bonds. The van der Waals surface area contributed by atoms with Gasteiger partial charge in [-0.25, -0.2) is 0 Å². The number of fused-ring (bicyclic) bond motifs is 1. The number of rotatable bonds is 6. The van der Waals surface area contributed by atoms with Crippen LogP contribution in [0.2, 0.25) is 0 Å². The smallest absolute Gasteiger partial charge is 0.251 e. The van der Waals surface area contributed by atoms with Crippen LogP contribution in [0.25, 0.3) is 0 Å². The maximum absolute atomic E-state index is 12.5. The molecule has 0 spiro atoms. The van der Waals surface area contributed by atoms with Crippen LogP contribution >= 0.6 is 0 Å². The minimum Gasteiger partial charge on any atom is -0.493 e. The molecule has 0 saturated carbocycles.